The van der Waals surface area contributed by atoms with Crippen LogP contribution in [-0.2, 0) is 39.2 Å². The molecule has 0 amide bonds. The maximum absolute atomic E-state index is 13.8. The highest BCUT2D eigenvalue weighted by molar-refractivity contribution is 7.44. The van der Waals surface area contributed by atoms with Crippen LogP contribution < -0.4 is 41.4 Å². The van der Waals surface area contributed by atoms with Crippen molar-refractivity contribution in [3.05, 3.63) is 256 Å². The number of ether oxygens (including phenoxy) is 8. The lowest BCUT2D eigenvalue weighted by molar-refractivity contribution is -0.0975. The van der Waals surface area contributed by atoms with Gasteiger partial charge in [0, 0.05) is 49.5 Å². The molecule has 2 N–H and O–H groups in total. The Balaban J connectivity index is 0.984. The van der Waals surface area contributed by atoms with Gasteiger partial charge < -0.3 is 46.9 Å². The van der Waals surface area contributed by atoms with Crippen molar-refractivity contribution < 1.29 is 46.9 Å². The van der Waals surface area contributed by atoms with Crippen molar-refractivity contribution in [2.24, 2.45) is 0 Å². The molecule has 0 radical (unpaired) electrons. The van der Waals surface area contributed by atoms with Gasteiger partial charge in [0.05, 0.1) is 53.9 Å². The van der Waals surface area contributed by atoms with Crippen molar-refractivity contribution in [2.45, 2.75) is 87.6 Å². The zero-order chi connectivity index (χ0) is 60.0. The summed E-state index contributed by atoms with van der Waals surface area (Å²) >= 11 is 0. The highest BCUT2D eigenvalue weighted by atomic mass is 31.2. The zero-order valence-electron chi connectivity index (χ0n) is 48.8. The van der Waals surface area contributed by atoms with Crippen LogP contribution in [0.2, 0.25) is 0 Å². The predicted octanol–water partition coefficient (Wildman–Crippen LogP) is 9.42. The van der Waals surface area contributed by atoms with Gasteiger partial charge in [0.2, 0.25) is 0 Å². The zero-order valence-corrected chi connectivity index (χ0v) is 49.7. The summed E-state index contributed by atoms with van der Waals surface area (Å²) < 4.78 is 71.1. The fourth-order valence-electron chi connectivity index (χ4n) is 11.7. The third-order valence-corrected chi connectivity index (χ3v) is 18.1. The monoisotopic (exact) mass is 1190 g/mol. The van der Waals surface area contributed by atoms with Crippen molar-refractivity contribution in [1.29, 1.82) is 0 Å². The number of benzene rings is 6. The fourth-order valence-corrected chi connectivity index (χ4v) is 13.5. The first-order valence-corrected chi connectivity index (χ1v) is 29.8. The Morgan fingerprint density at radius 3 is 1.09 bits per heavy atom. The molecule has 3 saturated heterocycles. The molecule has 0 unspecified atom stereocenters. The van der Waals surface area contributed by atoms with E-state index in [0.717, 1.165) is 46.2 Å². The van der Waals surface area contributed by atoms with E-state index in [4.69, 9.17) is 46.9 Å². The van der Waals surface area contributed by atoms with Gasteiger partial charge >= 0.3 is 11.4 Å². The molecular formula is C66H70N5O14P. The van der Waals surface area contributed by atoms with E-state index < -0.39 is 79.1 Å². The number of hydrogen-bond acceptors (Lipinski definition) is 15. The van der Waals surface area contributed by atoms with Crippen LogP contribution in [0.25, 0.3) is 0 Å². The van der Waals surface area contributed by atoms with Crippen molar-refractivity contribution in [2.75, 3.05) is 54.7 Å². The van der Waals surface area contributed by atoms with E-state index >= 15 is 0 Å². The Morgan fingerprint density at radius 1 is 0.465 bits per heavy atom. The molecule has 19 nitrogen and oxygen atoms in total. The standard InChI is InChI=1S/C66H70N5O14P/c1-43-39-70(63(74)67-61(43)72)59-37-55(57(82-59)41-80-65(45-15-9-7-10-16-45,47-19-27-51(76-3)28-20-47)48-21-29-52(77-4)30-22-48)84-86(69-35-13-14-36-69)85-56-38-60(71-40-44(2)62(73)68-64(71)75)83-58(56)42-81-66(46-17-11-8-12-18-46,49-23-31-53(78-5)32-24-49)50-25-33-54(79-6)34-26-50/h7-12,15-34,39-40,55-60H,13-14,35-38,41-42H2,1-6H3,(H,67,72,74)(H,68,73,75)/t55-,56-,57+,58+,59+,60+/m0/s1. The van der Waals surface area contributed by atoms with Gasteiger partial charge in [-0.2, -0.15) is 0 Å². The summed E-state index contributed by atoms with van der Waals surface area (Å²) in [5.41, 5.74) is 0.723. The van der Waals surface area contributed by atoms with Crippen LogP contribution in [0.15, 0.2) is 189 Å². The van der Waals surface area contributed by atoms with E-state index in [1.165, 1.54) is 21.5 Å². The van der Waals surface area contributed by atoms with E-state index in [-0.39, 0.29) is 26.1 Å². The van der Waals surface area contributed by atoms with Crippen LogP contribution >= 0.6 is 8.53 Å². The maximum atomic E-state index is 13.8. The second kappa shape index (κ2) is 26.3. The largest absolute Gasteiger partial charge is 0.497 e. The number of nitrogens with one attached hydrogen (secondary N) is 2. The maximum Gasteiger partial charge on any atom is 0.330 e. The lowest BCUT2D eigenvalue weighted by atomic mass is 9.80. The minimum absolute atomic E-state index is 0.0633. The number of hydrogen-bond donors (Lipinski definition) is 2. The summed E-state index contributed by atoms with van der Waals surface area (Å²) in [6.07, 6.45) is 0.0250. The quantitative estimate of drug-likeness (QED) is 0.0452. The summed E-state index contributed by atoms with van der Waals surface area (Å²) in [6, 6.07) is 50.7. The van der Waals surface area contributed by atoms with E-state index in [9.17, 15) is 19.2 Å². The Morgan fingerprint density at radius 2 is 0.779 bits per heavy atom. The minimum Gasteiger partial charge on any atom is -0.497 e. The summed E-state index contributed by atoms with van der Waals surface area (Å²) in [7, 11) is 4.48. The average Bonchev–Trinajstić information content (AvgIpc) is 1.39. The van der Waals surface area contributed by atoms with Gasteiger partial charge in [0.1, 0.15) is 58.9 Å². The van der Waals surface area contributed by atoms with Crippen molar-refractivity contribution in [3.63, 3.8) is 0 Å². The first kappa shape index (κ1) is 59.7. The number of rotatable bonds is 23. The number of H-pyrrole nitrogens is 2. The van der Waals surface area contributed by atoms with Crippen molar-refractivity contribution in [1.82, 2.24) is 23.8 Å². The third kappa shape index (κ3) is 12.2. The molecule has 11 rings (SSSR count). The normalized spacial score (nSPS) is 19.9. The molecule has 6 aromatic carbocycles. The van der Waals surface area contributed by atoms with Crippen LogP contribution in [0, 0.1) is 13.8 Å². The molecule has 0 spiro atoms. The molecule has 20 heteroatoms. The summed E-state index contributed by atoms with van der Waals surface area (Å²) in [5.74, 6) is 2.65. The molecule has 3 aliphatic heterocycles. The first-order chi connectivity index (χ1) is 41.8. The van der Waals surface area contributed by atoms with Gasteiger partial charge in [-0.05, 0) is 109 Å². The lowest BCUT2D eigenvalue weighted by Gasteiger charge is -2.38. The highest BCUT2D eigenvalue weighted by Gasteiger charge is 2.48. The van der Waals surface area contributed by atoms with Gasteiger partial charge in [0.25, 0.3) is 19.6 Å². The smallest absolute Gasteiger partial charge is 0.330 e. The lowest BCUT2D eigenvalue weighted by Crippen LogP contribution is -2.39. The number of aromatic nitrogens is 4. The van der Waals surface area contributed by atoms with E-state index in [2.05, 4.69) is 14.6 Å². The van der Waals surface area contributed by atoms with Crippen LogP contribution in [-0.4, -0.2) is 103 Å². The van der Waals surface area contributed by atoms with Crippen molar-refractivity contribution in [3.8, 4) is 23.0 Å². The minimum atomic E-state index is -2.00. The Labute approximate surface area is 498 Å². The number of nitrogens with zero attached hydrogens (tertiary/aromatic N) is 3. The van der Waals surface area contributed by atoms with E-state index in [0.29, 0.717) is 47.2 Å². The molecule has 0 saturated carbocycles. The third-order valence-electron chi connectivity index (χ3n) is 16.3. The molecule has 0 bridgehead atoms. The molecule has 3 fully saturated rings. The van der Waals surface area contributed by atoms with Gasteiger partial charge in [-0.25, -0.2) is 14.3 Å². The van der Waals surface area contributed by atoms with Crippen molar-refractivity contribution >= 4 is 8.53 Å². The van der Waals surface area contributed by atoms with Gasteiger partial charge in [-0.3, -0.25) is 28.7 Å². The van der Waals surface area contributed by atoms with Crippen LogP contribution in [0.3, 0.4) is 0 Å². The summed E-state index contributed by atoms with van der Waals surface area (Å²) in [5, 5.41) is 0. The highest BCUT2D eigenvalue weighted by Crippen LogP contribution is 2.53. The number of methoxy groups -OCH3 is 4. The number of aromatic amines is 2. The Kier molecular flexibility index (Phi) is 18.3. The summed E-state index contributed by atoms with van der Waals surface area (Å²) in [4.78, 5) is 58.0. The van der Waals surface area contributed by atoms with Crippen LogP contribution in [0.1, 0.15) is 82.6 Å². The van der Waals surface area contributed by atoms with E-state index in [1.807, 2.05) is 158 Å². The topological polar surface area (TPSA) is 205 Å². The summed E-state index contributed by atoms with van der Waals surface area (Å²) in [6.45, 7) is 4.44. The number of aryl methyl sites for hydroxylation is 2. The molecule has 8 aromatic rings. The SMILES string of the molecule is COc1ccc(C(OC[C@H]2O[C@@H](n3cc(C)c(=O)[nH]c3=O)C[C@@H]2OP(O[C@H]2C[C@H](n3cc(C)c(=O)[nH]c3=O)O[C@@H]2COC(c2ccccc2)(c2ccc(OC)cc2)c2ccc(OC)cc2)N2CCCC2)(c2ccccc2)c2ccc(OC)cc2)cc1. The molecule has 0 aliphatic carbocycles. The molecule has 5 heterocycles. The van der Waals surface area contributed by atoms with Gasteiger partial charge in [-0.15, -0.1) is 0 Å². The van der Waals surface area contributed by atoms with Crippen LogP contribution in [0.4, 0.5) is 0 Å². The van der Waals surface area contributed by atoms with Gasteiger partial charge in [0.15, 0.2) is 0 Å². The molecular weight excluding hydrogens is 1120 g/mol. The fraction of sp³-hybridized carbons (Fsp3) is 0.333. The molecule has 6 atom stereocenters. The second-order valence-corrected chi connectivity index (χ2v) is 23.0. The molecule has 3 aliphatic rings. The predicted molar refractivity (Wildman–Crippen MR) is 323 cm³/mol. The Bertz CT molecular complexity index is 3460. The molecule has 86 heavy (non-hydrogen) atoms. The Hall–Kier alpha value is -7.97. The second-order valence-electron chi connectivity index (χ2n) is 21.5. The van der Waals surface area contributed by atoms with E-state index in [1.54, 1.807) is 42.3 Å². The first-order valence-electron chi connectivity index (χ1n) is 28.6. The molecule has 448 valence electrons. The van der Waals surface area contributed by atoms with Crippen LogP contribution in [0.5, 0.6) is 23.0 Å². The molecule has 2 aromatic heterocycles. The average molecular weight is 1190 g/mol. The van der Waals surface area contributed by atoms with Gasteiger partial charge in [-0.1, -0.05) is 109 Å².